The summed E-state index contributed by atoms with van der Waals surface area (Å²) in [4.78, 5) is 25.4. The first-order valence-electron chi connectivity index (χ1n) is 7.15. The summed E-state index contributed by atoms with van der Waals surface area (Å²) in [6.07, 6.45) is 4.79. The van der Waals surface area contributed by atoms with E-state index in [0.29, 0.717) is 25.9 Å². The van der Waals surface area contributed by atoms with E-state index < -0.39 is 11.5 Å². The molecule has 0 unspecified atom stereocenters. The first-order valence-corrected chi connectivity index (χ1v) is 7.15. The van der Waals surface area contributed by atoms with Crippen LogP contribution in [-0.2, 0) is 4.79 Å². The van der Waals surface area contributed by atoms with Crippen LogP contribution in [-0.4, -0.2) is 40.6 Å². The maximum Gasteiger partial charge on any atom is 0.329 e. The lowest BCUT2D eigenvalue weighted by Crippen LogP contribution is -2.57. The molecular weight excluding hydrogens is 244 g/mol. The Morgan fingerprint density at radius 3 is 2.05 bits per heavy atom. The molecule has 0 spiro atoms. The molecule has 0 aromatic carbocycles. The highest BCUT2D eigenvalue weighted by Gasteiger charge is 2.43. The molecule has 1 saturated heterocycles. The third-order valence-corrected chi connectivity index (χ3v) is 4.62. The second-order valence-corrected chi connectivity index (χ2v) is 6.68. The predicted molar refractivity (Wildman–Crippen MR) is 72.0 cm³/mol. The highest BCUT2D eigenvalue weighted by Crippen LogP contribution is 2.32. The molecule has 2 rings (SSSR count). The summed E-state index contributed by atoms with van der Waals surface area (Å²) >= 11 is 0. The number of amides is 2. The Morgan fingerprint density at radius 2 is 1.58 bits per heavy atom. The van der Waals surface area contributed by atoms with Crippen LogP contribution in [0.25, 0.3) is 0 Å². The highest BCUT2D eigenvalue weighted by molar-refractivity contribution is 5.86. The van der Waals surface area contributed by atoms with Gasteiger partial charge in [-0.3, -0.25) is 0 Å². The Balaban J connectivity index is 1.95. The molecule has 1 saturated carbocycles. The molecule has 0 aromatic rings. The van der Waals surface area contributed by atoms with Crippen molar-refractivity contribution < 1.29 is 14.7 Å². The second kappa shape index (κ2) is 5.02. The summed E-state index contributed by atoms with van der Waals surface area (Å²) in [7, 11) is 0. The average Bonchev–Trinajstić information content (AvgIpc) is 2.78. The molecule has 1 heterocycles. The molecule has 0 atom stereocenters. The largest absolute Gasteiger partial charge is 0.480 e. The van der Waals surface area contributed by atoms with E-state index in [9.17, 15) is 14.7 Å². The van der Waals surface area contributed by atoms with Gasteiger partial charge >= 0.3 is 12.0 Å². The van der Waals surface area contributed by atoms with Gasteiger partial charge in [0, 0.05) is 13.1 Å². The standard InChI is InChI=1S/C14H24N2O3/c1-13(2)7-9-16(10-8-13)12(19)15-14(11(17)18)5-3-4-6-14/h3-10H2,1-2H3,(H,15,19)(H,17,18). The van der Waals surface area contributed by atoms with Crippen LogP contribution in [0.3, 0.4) is 0 Å². The van der Waals surface area contributed by atoms with Crippen molar-refractivity contribution in [3.63, 3.8) is 0 Å². The summed E-state index contributed by atoms with van der Waals surface area (Å²) in [5.41, 5.74) is -0.737. The van der Waals surface area contributed by atoms with Crippen LogP contribution in [0, 0.1) is 5.41 Å². The Labute approximate surface area is 114 Å². The molecule has 0 bridgehead atoms. The molecule has 1 aliphatic carbocycles. The van der Waals surface area contributed by atoms with Crippen molar-refractivity contribution in [3.8, 4) is 0 Å². The lowest BCUT2D eigenvalue weighted by Gasteiger charge is -2.38. The average molecular weight is 268 g/mol. The van der Waals surface area contributed by atoms with Crippen molar-refractivity contribution in [3.05, 3.63) is 0 Å². The molecule has 2 amide bonds. The molecule has 0 radical (unpaired) electrons. The first kappa shape index (κ1) is 14.2. The Bertz CT molecular complexity index is 363. The van der Waals surface area contributed by atoms with E-state index in [0.717, 1.165) is 25.7 Å². The van der Waals surface area contributed by atoms with Gasteiger partial charge in [0.2, 0.25) is 0 Å². The smallest absolute Gasteiger partial charge is 0.329 e. The van der Waals surface area contributed by atoms with Crippen molar-refractivity contribution >= 4 is 12.0 Å². The van der Waals surface area contributed by atoms with Crippen molar-refractivity contribution in [2.75, 3.05) is 13.1 Å². The number of carboxylic acids is 1. The van der Waals surface area contributed by atoms with Gasteiger partial charge in [0.25, 0.3) is 0 Å². The minimum atomic E-state index is -1.02. The number of urea groups is 1. The Morgan fingerprint density at radius 1 is 1.05 bits per heavy atom. The van der Waals surface area contributed by atoms with E-state index in [1.165, 1.54) is 0 Å². The number of nitrogens with zero attached hydrogens (tertiary/aromatic N) is 1. The van der Waals surface area contributed by atoms with E-state index in [2.05, 4.69) is 19.2 Å². The molecule has 1 aliphatic heterocycles. The summed E-state index contributed by atoms with van der Waals surface area (Å²) in [5, 5.41) is 12.1. The number of nitrogens with one attached hydrogen (secondary N) is 1. The zero-order valence-electron chi connectivity index (χ0n) is 11.9. The Kier molecular flexibility index (Phi) is 3.74. The summed E-state index contributed by atoms with van der Waals surface area (Å²) in [6.45, 7) is 5.85. The molecular formula is C14H24N2O3. The van der Waals surface area contributed by atoms with Gasteiger partial charge in [-0.25, -0.2) is 9.59 Å². The third-order valence-electron chi connectivity index (χ3n) is 4.62. The van der Waals surface area contributed by atoms with Gasteiger partial charge in [-0.05, 0) is 31.1 Å². The zero-order chi connectivity index (χ0) is 14.1. The SMILES string of the molecule is CC1(C)CCN(C(=O)NC2(C(=O)O)CCCC2)CC1. The molecule has 5 heteroatoms. The van der Waals surface area contributed by atoms with Crippen LogP contribution in [0.4, 0.5) is 4.79 Å². The number of carbonyl (C=O) groups is 2. The minimum Gasteiger partial charge on any atom is -0.480 e. The van der Waals surface area contributed by atoms with Crippen LogP contribution in [0.15, 0.2) is 0 Å². The number of aliphatic carboxylic acids is 1. The van der Waals surface area contributed by atoms with E-state index in [-0.39, 0.29) is 11.4 Å². The van der Waals surface area contributed by atoms with Crippen molar-refractivity contribution in [1.82, 2.24) is 10.2 Å². The van der Waals surface area contributed by atoms with Gasteiger partial charge in [0.15, 0.2) is 0 Å². The van der Waals surface area contributed by atoms with Crippen molar-refractivity contribution in [2.24, 2.45) is 5.41 Å². The van der Waals surface area contributed by atoms with E-state index >= 15 is 0 Å². The Hall–Kier alpha value is -1.26. The molecule has 0 aromatic heterocycles. The molecule has 5 nitrogen and oxygen atoms in total. The van der Waals surface area contributed by atoms with Crippen LogP contribution in [0.5, 0.6) is 0 Å². The van der Waals surface area contributed by atoms with Crippen molar-refractivity contribution in [1.29, 1.82) is 0 Å². The van der Waals surface area contributed by atoms with Gasteiger partial charge in [0.1, 0.15) is 5.54 Å². The van der Waals surface area contributed by atoms with Crippen LogP contribution in [0.1, 0.15) is 52.4 Å². The molecule has 108 valence electrons. The third kappa shape index (κ3) is 3.01. The minimum absolute atomic E-state index is 0.209. The summed E-state index contributed by atoms with van der Waals surface area (Å²) < 4.78 is 0. The van der Waals surface area contributed by atoms with Gasteiger partial charge in [-0.2, -0.15) is 0 Å². The number of piperidine rings is 1. The van der Waals surface area contributed by atoms with Gasteiger partial charge in [0.05, 0.1) is 0 Å². The number of hydrogen-bond acceptors (Lipinski definition) is 2. The number of carbonyl (C=O) groups excluding carboxylic acids is 1. The maximum absolute atomic E-state index is 12.2. The van der Waals surface area contributed by atoms with Crippen LogP contribution < -0.4 is 5.32 Å². The first-order chi connectivity index (χ1) is 8.85. The van der Waals surface area contributed by atoms with E-state index in [1.807, 2.05) is 0 Å². The van der Waals surface area contributed by atoms with Crippen LogP contribution in [0.2, 0.25) is 0 Å². The number of carboxylic acid groups (broad SMARTS) is 1. The lowest BCUT2D eigenvalue weighted by molar-refractivity contribution is -0.144. The topological polar surface area (TPSA) is 69.6 Å². The highest BCUT2D eigenvalue weighted by atomic mass is 16.4. The van der Waals surface area contributed by atoms with Gasteiger partial charge in [-0.15, -0.1) is 0 Å². The maximum atomic E-state index is 12.2. The predicted octanol–water partition coefficient (Wildman–Crippen LogP) is 2.22. The summed E-state index contributed by atoms with van der Waals surface area (Å²) in [5.74, 6) is -0.893. The normalized spacial score (nSPS) is 25.1. The number of likely N-dealkylation sites (tertiary alicyclic amines) is 1. The van der Waals surface area contributed by atoms with Gasteiger partial charge < -0.3 is 15.3 Å². The molecule has 2 aliphatic rings. The van der Waals surface area contributed by atoms with Crippen molar-refractivity contribution in [2.45, 2.75) is 57.9 Å². The number of hydrogen-bond donors (Lipinski definition) is 2. The monoisotopic (exact) mass is 268 g/mol. The van der Waals surface area contributed by atoms with E-state index in [4.69, 9.17) is 0 Å². The molecule has 2 fully saturated rings. The van der Waals surface area contributed by atoms with Crippen LogP contribution >= 0.6 is 0 Å². The fourth-order valence-electron chi connectivity index (χ4n) is 2.97. The lowest BCUT2D eigenvalue weighted by atomic mass is 9.83. The molecule has 19 heavy (non-hydrogen) atoms. The van der Waals surface area contributed by atoms with E-state index in [1.54, 1.807) is 4.90 Å². The second-order valence-electron chi connectivity index (χ2n) is 6.68. The quantitative estimate of drug-likeness (QED) is 0.806. The fourth-order valence-corrected chi connectivity index (χ4v) is 2.97. The fraction of sp³-hybridized carbons (Fsp3) is 0.857. The van der Waals surface area contributed by atoms with Gasteiger partial charge in [-0.1, -0.05) is 26.7 Å². The summed E-state index contributed by atoms with van der Waals surface area (Å²) in [6, 6.07) is -0.209. The molecule has 2 N–H and O–H groups in total. The zero-order valence-corrected chi connectivity index (χ0v) is 11.9. The number of rotatable bonds is 2.